The Labute approximate surface area is 61.8 Å². The van der Waals surface area contributed by atoms with Crippen molar-refractivity contribution >= 4 is 0 Å². The molecule has 1 fully saturated rings. The Bertz CT molecular complexity index is 149. The van der Waals surface area contributed by atoms with Gasteiger partial charge in [0.1, 0.15) is 6.23 Å². The fraction of sp³-hybridized carbons (Fsp3) is 1.00. The second-order valence-electron chi connectivity index (χ2n) is 2.59. The summed E-state index contributed by atoms with van der Waals surface area (Å²) < 4.78 is 35.7. The van der Waals surface area contributed by atoms with Crippen LogP contribution in [0.3, 0.4) is 0 Å². The molecule has 0 aliphatic carbocycles. The number of alkyl halides is 3. The second kappa shape index (κ2) is 2.62. The molecule has 0 radical (unpaired) electrons. The molecule has 2 atom stereocenters. The van der Waals surface area contributed by atoms with E-state index in [4.69, 9.17) is 5.11 Å². The number of nitrogens with zero attached hydrogens (tertiary/aromatic N) is 1. The Hall–Kier alpha value is -0.330. The summed E-state index contributed by atoms with van der Waals surface area (Å²) in [4.78, 5) is 0. The van der Waals surface area contributed by atoms with E-state index in [0.29, 0.717) is 0 Å². The average Bonchev–Trinajstić information content (AvgIpc) is 2.11. The SMILES string of the molecule is CC1CNN(C(F)(F)F)C1O. The van der Waals surface area contributed by atoms with Gasteiger partial charge in [-0.05, 0) is 0 Å². The Morgan fingerprint density at radius 3 is 2.27 bits per heavy atom. The summed E-state index contributed by atoms with van der Waals surface area (Å²) in [6, 6.07) is 0. The number of rotatable bonds is 0. The van der Waals surface area contributed by atoms with Crippen molar-refractivity contribution in [2.75, 3.05) is 6.54 Å². The van der Waals surface area contributed by atoms with Crippen molar-refractivity contribution in [3.63, 3.8) is 0 Å². The van der Waals surface area contributed by atoms with Gasteiger partial charge in [0.15, 0.2) is 0 Å². The van der Waals surface area contributed by atoms with Gasteiger partial charge in [0.05, 0.1) is 0 Å². The molecule has 3 nitrogen and oxygen atoms in total. The summed E-state index contributed by atoms with van der Waals surface area (Å²) in [5.41, 5.74) is 2.05. The summed E-state index contributed by atoms with van der Waals surface area (Å²) in [5.74, 6) is -0.392. The minimum atomic E-state index is -4.50. The molecule has 2 N–H and O–H groups in total. The van der Waals surface area contributed by atoms with Crippen LogP contribution in [0.2, 0.25) is 0 Å². The topological polar surface area (TPSA) is 35.5 Å². The van der Waals surface area contributed by atoms with Crippen LogP contribution in [-0.4, -0.2) is 29.2 Å². The largest absolute Gasteiger partial charge is 0.475 e. The quantitative estimate of drug-likeness (QED) is 0.512. The zero-order chi connectivity index (χ0) is 8.65. The first kappa shape index (κ1) is 8.76. The molecule has 0 spiro atoms. The van der Waals surface area contributed by atoms with E-state index >= 15 is 0 Å². The van der Waals surface area contributed by atoms with Gasteiger partial charge in [-0.15, -0.1) is 5.01 Å². The Kier molecular flexibility index (Phi) is 2.08. The lowest BCUT2D eigenvalue weighted by Gasteiger charge is -2.22. The van der Waals surface area contributed by atoms with Gasteiger partial charge in [0.25, 0.3) is 0 Å². The van der Waals surface area contributed by atoms with Crippen LogP contribution in [0.15, 0.2) is 0 Å². The molecule has 0 aromatic rings. The fourth-order valence-corrected chi connectivity index (χ4v) is 0.935. The van der Waals surface area contributed by atoms with Crippen LogP contribution in [-0.2, 0) is 0 Å². The third-order valence-electron chi connectivity index (χ3n) is 1.63. The zero-order valence-electron chi connectivity index (χ0n) is 5.89. The predicted octanol–water partition coefficient (Wildman–Crippen LogP) is 0.281. The highest BCUT2D eigenvalue weighted by Crippen LogP contribution is 2.26. The highest BCUT2D eigenvalue weighted by molar-refractivity contribution is 4.74. The van der Waals surface area contributed by atoms with Crippen LogP contribution in [0.25, 0.3) is 0 Å². The Morgan fingerprint density at radius 2 is 2.09 bits per heavy atom. The van der Waals surface area contributed by atoms with Crippen molar-refractivity contribution in [2.45, 2.75) is 19.5 Å². The summed E-state index contributed by atoms with van der Waals surface area (Å²) in [5, 5.41) is 8.85. The number of halogens is 3. The molecule has 66 valence electrons. The maximum Gasteiger partial charge on any atom is 0.475 e. The van der Waals surface area contributed by atoms with Crippen molar-refractivity contribution in [3.05, 3.63) is 0 Å². The highest BCUT2D eigenvalue weighted by atomic mass is 19.4. The fourth-order valence-electron chi connectivity index (χ4n) is 0.935. The lowest BCUT2D eigenvalue weighted by molar-refractivity contribution is -0.292. The third kappa shape index (κ3) is 1.63. The van der Waals surface area contributed by atoms with Crippen LogP contribution >= 0.6 is 0 Å². The molecule has 0 aromatic carbocycles. The van der Waals surface area contributed by atoms with Gasteiger partial charge in [-0.1, -0.05) is 6.92 Å². The Balaban J connectivity index is 2.62. The number of aliphatic hydroxyl groups is 1. The van der Waals surface area contributed by atoms with Gasteiger partial charge < -0.3 is 5.11 Å². The molecule has 1 aliphatic rings. The smallest absolute Gasteiger partial charge is 0.376 e. The maximum absolute atomic E-state index is 11.9. The molecule has 1 aliphatic heterocycles. The van der Waals surface area contributed by atoms with E-state index in [9.17, 15) is 13.2 Å². The van der Waals surface area contributed by atoms with Gasteiger partial charge in [-0.25, -0.2) is 5.43 Å². The van der Waals surface area contributed by atoms with Gasteiger partial charge >= 0.3 is 6.30 Å². The highest BCUT2D eigenvalue weighted by Gasteiger charge is 2.46. The summed E-state index contributed by atoms with van der Waals surface area (Å²) in [6.07, 6.45) is -5.96. The molecule has 0 saturated carbocycles. The van der Waals surface area contributed by atoms with Gasteiger partial charge in [-0.3, -0.25) is 0 Å². The number of nitrogens with one attached hydrogen (secondary N) is 1. The summed E-state index contributed by atoms with van der Waals surface area (Å²) in [6.45, 7) is 1.70. The minimum absolute atomic E-state index is 0.0856. The Morgan fingerprint density at radius 1 is 1.55 bits per heavy atom. The van der Waals surface area contributed by atoms with Crippen molar-refractivity contribution in [3.8, 4) is 0 Å². The van der Waals surface area contributed by atoms with Gasteiger partial charge in [0.2, 0.25) is 0 Å². The van der Waals surface area contributed by atoms with Crippen LogP contribution in [0.1, 0.15) is 6.92 Å². The van der Waals surface area contributed by atoms with Crippen LogP contribution in [0.4, 0.5) is 13.2 Å². The number of hydrogen-bond donors (Lipinski definition) is 2. The molecule has 0 amide bonds. The van der Waals surface area contributed by atoms with Gasteiger partial charge in [0, 0.05) is 12.5 Å². The molecule has 1 rings (SSSR count). The molecule has 6 heteroatoms. The first-order valence-corrected chi connectivity index (χ1v) is 3.20. The number of hydrogen-bond acceptors (Lipinski definition) is 3. The molecule has 1 saturated heterocycles. The van der Waals surface area contributed by atoms with E-state index in [1.807, 2.05) is 0 Å². The van der Waals surface area contributed by atoms with Crippen molar-refractivity contribution in [1.82, 2.24) is 10.4 Å². The van der Waals surface area contributed by atoms with Crippen LogP contribution < -0.4 is 5.43 Å². The van der Waals surface area contributed by atoms with E-state index in [2.05, 4.69) is 5.43 Å². The van der Waals surface area contributed by atoms with E-state index in [-0.39, 0.29) is 11.6 Å². The molecule has 11 heavy (non-hydrogen) atoms. The van der Waals surface area contributed by atoms with Crippen LogP contribution in [0.5, 0.6) is 0 Å². The minimum Gasteiger partial charge on any atom is -0.376 e. The monoisotopic (exact) mass is 170 g/mol. The third-order valence-corrected chi connectivity index (χ3v) is 1.63. The molecule has 0 aromatic heterocycles. The lowest BCUT2D eigenvalue weighted by Crippen LogP contribution is -2.48. The van der Waals surface area contributed by atoms with Crippen LogP contribution in [0, 0.1) is 5.92 Å². The van der Waals surface area contributed by atoms with Crippen molar-refractivity contribution in [1.29, 1.82) is 0 Å². The van der Waals surface area contributed by atoms with E-state index < -0.39 is 18.4 Å². The van der Waals surface area contributed by atoms with Gasteiger partial charge in [-0.2, -0.15) is 13.2 Å². The normalized spacial score (nSPS) is 34.6. The lowest BCUT2D eigenvalue weighted by atomic mass is 10.2. The molecule has 1 heterocycles. The molecule has 0 bridgehead atoms. The summed E-state index contributed by atoms with van der Waals surface area (Å²) >= 11 is 0. The summed E-state index contributed by atoms with van der Waals surface area (Å²) in [7, 11) is 0. The maximum atomic E-state index is 11.9. The standard InChI is InChI=1S/C5H9F3N2O/c1-3-2-9-10(4(3)11)5(6,7)8/h3-4,9,11H,2H2,1H3. The number of hydrazine groups is 1. The predicted molar refractivity (Wildman–Crippen MR) is 31.1 cm³/mol. The van der Waals surface area contributed by atoms with E-state index in [0.717, 1.165) is 0 Å². The first-order valence-electron chi connectivity index (χ1n) is 3.20. The molecule has 2 unspecified atom stereocenters. The molecular formula is C5H9F3N2O. The number of aliphatic hydroxyl groups excluding tert-OH is 1. The van der Waals surface area contributed by atoms with Crippen molar-refractivity contribution in [2.24, 2.45) is 5.92 Å². The zero-order valence-corrected chi connectivity index (χ0v) is 5.89. The second-order valence-corrected chi connectivity index (χ2v) is 2.59. The first-order chi connectivity index (χ1) is 4.93. The molecular weight excluding hydrogens is 161 g/mol. The van der Waals surface area contributed by atoms with E-state index in [1.54, 1.807) is 6.92 Å². The van der Waals surface area contributed by atoms with E-state index in [1.165, 1.54) is 0 Å². The van der Waals surface area contributed by atoms with Crippen molar-refractivity contribution < 1.29 is 18.3 Å². The average molecular weight is 170 g/mol.